The van der Waals surface area contributed by atoms with Crippen LogP contribution in [-0.4, -0.2) is 59.0 Å². The number of H-pyrrole nitrogens is 1. The van der Waals surface area contributed by atoms with Crippen molar-refractivity contribution in [2.45, 2.75) is 0 Å². The molecule has 7 heteroatoms. The van der Waals surface area contributed by atoms with Crippen molar-refractivity contribution < 1.29 is 9.53 Å². The highest BCUT2D eigenvalue weighted by atomic mass is 16.5. The van der Waals surface area contributed by atoms with Crippen LogP contribution in [0.4, 0.5) is 5.69 Å². The molecule has 2 aromatic carbocycles. The van der Waals surface area contributed by atoms with Gasteiger partial charge in [-0.2, -0.15) is 0 Å². The molecule has 1 saturated heterocycles. The van der Waals surface area contributed by atoms with Crippen molar-refractivity contribution in [3.63, 3.8) is 0 Å². The molecule has 0 spiro atoms. The second kappa shape index (κ2) is 8.10. The van der Waals surface area contributed by atoms with E-state index in [1.165, 1.54) is 0 Å². The highest BCUT2D eigenvalue weighted by Crippen LogP contribution is 2.23. The Balaban J connectivity index is 1.30. The van der Waals surface area contributed by atoms with Crippen molar-refractivity contribution in [1.82, 2.24) is 19.9 Å². The maximum atomic E-state index is 13.1. The molecule has 2 aromatic heterocycles. The molecule has 1 aliphatic rings. The third-order valence-electron chi connectivity index (χ3n) is 5.62. The fourth-order valence-electron chi connectivity index (χ4n) is 3.90. The Labute approximate surface area is 180 Å². The highest BCUT2D eigenvalue weighted by Gasteiger charge is 2.24. The molecule has 1 fully saturated rings. The van der Waals surface area contributed by atoms with Gasteiger partial charge in [0.1, 0.15) is 17.1 Å². The minimum Gasteiger partial charge on any atom is -0.497 e. The Bertz CT molecular complexity index is 1210. The van der Waals surface area contributed by atoms with Crippen molar-refractivity contribution in [3.8, 4) is 17.1 Å². The van der Waals surface area contributed by atoms with Gasteiger partial charge in [-0.3, -0.25) is 4.79 Å². The molecule has 1 aliphatic heterocycles. The summed E-state index contributed by atoms with van der Waals surface area (Å²) in [6, 6.07) is 19.7. The SMILES string of the molecule is COc1cccc(N2CCN(C(=O)c3cc4cnc(-c5ccccc5)nc4[nH]3)CC2)c1. The van der Waals surface area contributed by atoms with Crippen LogP contribution in [-0.2, 0) is 0 Å². The second-order valence-electron chi connectivity index (χ2n) is 7.53. The van der Waals surface area contributed by atoms with Gasteiger partial charge in [0, 0.05) is 55.1 Å². The first-order valence-corrected chi connectivity index (χ1v) is 10.3. The summed E-state index contributed by atoms with van der Waals surface area (Å²) < 4.78 is 5.32. The van der Waals surface area contributed by atoms with Crippen molar-refractivity contribution in [2.24, 2.45) is 0 Å². The van der Waals surface area contributed by atoms with Gasteiger partial charge in [0.05, 0.1) is 7.11 Å². The summed E-state index contributed by atoms with van der Waals surface area (Å²) in [5.74, 6) is 1.47. The van der Waals surface area contributed by atoms with E-state index >= 15 is 0 Å². The minimum atomic E-state index is -0.00967. The van der Waals surface area contributed by atoms with Crippen molar-refractivity contribution in [1.29, 1.82) is 0 Å². The number of ether oxygens (including phenoxy) is 1. The number of nitrogens with one attached hydrogen (secondary N) is 1. The number of rotatable bonds is 4. The van der Waals surface area contributed by atoms with E-state index in [2.05, 4.69) is 25.9 Å². The zero-order chi connectivity index (χ0) is 21.2. The quantitative estimate of drug-likeness (QED) is 0.553. The van der Waals surface area contributed by atoms with Gasteiger partial charge < -0.3 is 19.5 Å². The summed E-state index contributed by atoms with van der Waals surface area (Å²) in [6.07, 6.45) is 1.76. The van der Waals surface area contributed by atoms with E-state index in [1.54, 1.807) is 13.3 Å². The molecule has 3 heterocycles. The van der Waals surface area contributed by atoms with Crippen LogP contribution in [0.1, 0.15) is 10.5 Å². The van der Waals surface area contributed by atoms with E-state index < -0.39 is 0 Å². The molecule has 7 nitrogen and oxygen atoms in total. The van der Waals surface area contributed by atoms with Gasteiger partial charge in [-0.15, -0.1) is 0 Å². The molecule has 0 unspecified atom stereocenters. The van der Waals surface area contributed by atoms with Gasteiger partial charge in [0.25, 0.3) is 5.91 Å². The third-order valence-corrected chi connectivity index (χ3v) is 5.62. The number of carbonyl (C=O) groups is 1. The van der Waals surface area contributed by atoms with Gasteiger partial charge in [-0.25, -0.2) is 9.97 Å². The molecule has 31 heavy (non-hydrogen) atoms. The van der Waals surface area contributed by atoms with Crippen molar-refractivity contribution >= 4 is 22.6 Å². The largest absolute Gasteiger partial charge is 0.497 e. The smallest absolute Gasteiger partial charge is 0.270 e. The zero-order valence-electron chi connectivity index (χ0n) is 17.3. The van der Waals surface area contributed by atoms with Crippen LogP contribution >= 0.6 is 0 Å². The summed E-state index contributed by atoms with van der Waals surface area (Å²) in [5, 5.41) is 0.832. The molecule has 0 aliphatic carbocycles. The van der Waals surface area contributed by atoms with Crippen LogP contribution in [0.25, 0.3) is 22.4 Å². The molecule has 5 rings (SSSR count). The van der Waals surface area contributed by atoms with Crippen LogP contribution in [0.5, 0.6) is 5.75 Å². The second-order valence-corrected chi connectivity index (χ2v) is 7.53. The molecule has 0 bridgehead atoms. The summed E-state index contributed by atoms with van der Waals surface area (Å²) in [5.41, 5.74) is 3.28. The number of anilines is 1. The average molecular weight is 413 g/mol. The molecule has 1 amide bonds. The fraction of sp³-hybridized carbons (Fsp3) is 0.208. The molecule has 4 aromatic rings. The Morgan fingerprint density at radius 2 is 1.81 bits per heavy atom. The molecule has 0 atom stereocenters. The number of benzene rings is 2. The maximum absolute atomic E-state index is 13.1. The number of piperazine rings is 1. The summed E-state index contributed by atoms with van der Waals surface area (Å²) in [4.78, 5) is 29.5. The lowest BCUT2D eigenvalue weighted by molar-refractivity contribution is 0.0742. The Kier molecular flexibility index (Phi) is 5.00. The van der Waals surface area contributed by atoms with E-state index in [0.717, 1.165) is 35.5 Å². The Morgan fingerprint density at radius 1 is 1.00 bits per heavy atom. The third kappa shape index (κ3) is 3.82. The van der Waals surface area contributed by atoms with Crippen LogP contribution in [0.15, 0.2) is 66.9 Å². The lowest BCUT2D eigenvalue weighted by Gasteiger charge is -2.36. The number of nitrogens with zero attached hydrogens (tertiary/aromatic N) is 4. The van der Waals surface area contributed by atoms with E-state index in [4.69, 9.17) is 4.74 Å². The summed E-state index contributed by atoms with van der Waals surface area (Å²) in [7, 11) is 1.67. The Morgan fingerprint density at radius 3 is 2.58 bits per heavy atom. The number of methoxy groups -OCH3 is 1. The monoisotopic (exact) mass is 413 g/mol. The predicted octanol–water partition coefficient (Wildman–Crippen LogP) is 3.60. The van der Waals surface area contributed by atoms with Crippen LogP contribution in [0.3, 0.4) is 0 Å². The number of hydrogen-bond donors (Lipinski definition) is 1. The van der Waals surface area contributed by atoms with Crippen LogP contribution < -0.4 is 9.64 Å². The Hall–Kier alpha value is -3.87. The lowest BCUT2D eigenvalue weighted by Crippen LogP contribution is -2.48. The molecular weight excluding hydrogens is 390 g/mol. The average Bonchev–Trinajstić information content (AvgIpc) is 3.28. The first-order chi connectivity index (χ1) is 15.2. The molecular formula is C24H23N5O2. The van der Waals surface area contributed by atoms with Crippen molar-refractivity contribution in [3.05, 3.63) is 72.6 Å². The van der Waals surface area contributed by atoms with Gasteiger partial charge in [0.15, 0.2) is 5.82 Å². The van der Waals surface area contributed by atoms with Gasteiger partial charge in [0.2, 0.25) is 0 Å². The topological polar surface area (TPSA) is 74.3 Å². The van der Waals surface area contributed by atoms with Crippen molar-refractivity contribution in [2.75, 3.05) is 38.2 Å². The number of aromatic amines is 1. The van der Waals surface area contributed by atoms with Gasteiger partial charge in [-0.05, 0) is 18.2 Å². The number of amides is 1. The number of fused-ring (bicyclic) bond motifs is 1. The number of carbonyl (C=O) groups excluding carboxylic acids is 1. The van der Waals surface area contributed by atoms with Crippen LogP contribution in [0.2, 0.25) is 0 Å². The van der Waals surface area contributed by atoms with E-state index in [0.29, 0.717) is 30.3 Å². The minimum absolute atomic E-state index is 0.00967. The number of hydrogen-bond acceptors (Lipinski definition) is 5. The molecule has 0 saturated carbocycles. The highest BCUT2D eigenvalue weighted by molar-refractivity contribution is 5.97. The van der Waals surface area contributed by atoms with E-state index in [-0.39, 0.29) is 5.91 Å². The maximum Gasteiger partial charge on any atom is 0.270 e. The molecule has 1 N–H and O–H groups in total. The van der Waals surface area contributed by atoms with Gasteiger partial charge >= 0.3 is 0 Å². The zero-order valence-corrected chi connectivity index (χ0v) is 17.3. The first-order valence-electron chi connectivity index (χ1n) is 10.3. The first kappa shape index (κ1) is 19.1. The summed E-state index contributed by atoms with van der Waals surface area (Å²) in [6.45, 7) is 2.87. The summed E-state index contributed by atoms with van der Waals surface area (Å²) >= 11 is 0. The molecule has 0 radical (unpaired) electrons. The van der Waals surface area contributed by atoms with E-state index in [9.17, 15) is 4.79 Å². The van der Waals surface area contributed by atoms with E-state index in [1.807, 2.05) is 59.5 Å². The standard InChI is InChI=1S/C24H23N5O2/c1-31-20-9-5-8-19(15-20)28-10-12-29(13-11-28)24(30)21-14-18-16-25-22(27-23(18)26-21)17-6-3-2-4-7-17/h2-9,14-16H,10-13H2,1H3,(H,25,26,27). The normalized spacial score (nSPS) is 14.1. The lowest BCUT2D eigenvalue weighted by atomic mass is 10.2. The number of aromatic nitrogens is 3. The predicted molar refractivity (Wildman–Crippen MR) is 120 cm³/mol. The molecule has 156 valence electrons. The van der Waals surface area contributed by atoms with Gasteiger partial charge in [-0.1, -0.05) is 36.4 Å². The fourth-order valence-corrected chi connectivity index (χ4v) is 3.90. The van der Waals surface area contributed by atoms with Crippen LogP contribution in [0, 0.1) is 0 Å².